The van der Waals surface area contributed by atoms with E-state index in [1.54, 1.807) is 25.3 Å². The van der Waals surface area contributed by atoms with Crippen LogP contribution in [0.3, 0.4) is 0 Å². The zero-order valence-electron chi connectivity index (χ0n) is 32.2. The van der Waals surface area contributed by atoms with Gasteiger partial charge in [0, 0.05) is 58.7 Å². The number of likely N-dealkylation sites (tertiary alicyclic amines) is 1. The Kier molecular flexibility index (Phi) is 16.4. The number of nitrogens with zero attached hydrogens (tertiary/aromatic N) is 3. The number of carbonyl (C=O) groups excluding carboxylic acids is 3. The highest BCUT2D eigenvalue weighted by atomic mass is 35.5. The number of rotatable bonds is 19. The predicted molar refractivity (Wildman–Crippen MR) is 201 cm³/mol. The average Bonchev–Trinajstić information content (AvgIpc) is 3.57. The molecule has 0 radical (unpaired) electrons. The maximum atomic E-state index is 14.2. The number of carbonyl (C=O) groups is 3. The molecule has 50 heavy (non-hydrogen) atoms. The highest BCUT2D eigenvalue weighted by Gasteiger charge is 2.42. The van der Waals surface area contributed by atoms with Gasteiger partial charge in [-0.2, -0.15) is 0 Å². The van der Waals surface area contributed by atoms with Crippen LogP contribution in [0.4, 0.5) is 0 Å². The van der Waals surface area contributed by atoms with E-state index in [2.05, 4.69) is 37.9 Å². The number of benzene rings is 1. The Balaban J connectivity index is 1.75. The van der Waals surface area contributed by atoms with Gasteiger partial charge >= 0.3 is 0 Å². The summed E-state index contributed by atoms with van der Waals surface area (Å²) < 4.78 is 12.1. The highest BCUT2D eigenvalue weighted by Crippen LogP contribution is 2.32. The second-order valence-corrected chi connectivity index (χ2v) is 15.5. The molecule has 1 fully saturated rings. The number of hydrogen-bond acceptors (Lipinski definition) is 6. The number of likely N-dealkylation sites (N-methyl/N-ethyl adjacent to an activating group) is 1. The first-order valence-corrected chi connectivity index (χ1v) is 18.9. The molecule has 9 heteroatoms. The fourth-order valence-corrected chi connectivity index (χ4v) is 8.05. The van der Waals surface area contributed by atoms with E-state index in [1.165, 1.54) is 5.56 Å². The Hall–Kier alpha value is -2.81. The summed E-state index contributed by atoms with van der Waals surface area (Å²) in [5.74, 6) is -0.254. The minimum absolute atomic E-state index is 0.00873. The molecule has 1 aliphatic heterocycles. The second-order valence-electron chi connectivity index (χ2n) is 15.1. The molecule has 2 aromatic rings. The number of aromatic nitrogens is 1. The van der Waals surface area contributed by atoms with Crippen molar-refractivity contribution in [3.8, 4) is 0 Å². The van der Waals surface area contributed by atoms with Gasteiger partial charge in [-0.05, 0) is 61.1 Å². The lowest BCUT2D eigenvalue weighted by Crippen LogP contribution is -2.54. The minimum atomic E-state index is -0.513. The van der Waals surface area contributed by atoms with E-state index in [0.717, 1.165) is 31.2 Å². The Labute approximate surface area is 306 Å². The first-order chi connectivity index (χ1) is 23.7. The summed E-state index contributed by atoms with van der Waals surface area (Å²) in [6.07, 6.45) is 5.16. The first-order valence-electron chi connectivity index (χ1n) is 18.5. The number of amides is 2. The van der Waals surface area contributed by atoms with Crippen molar-refractivity contribution in [1.29, 1.82) is 0 Å². The summed E-state index contributed by atoms with van der Waals surface area (Å²) in [6, 6.07) is 11.6. The molecule has 278 valence electrons. The van der Waals surface area contributed by atoms with Gasteiger partial charge in [-0.15, -0.1) is 0 Å². The fourth-order valence-electron chi connectivity index (χ4n) is 7.75. The van der Waals surface area contributed by atoms with E-state index in [1.807, 2.05) is 63.9 Å². The van der Waals surface area contributed by atoms with Gasteiger partial charge in [0.15, 0.2) is 0 Å². The van der Waals surface area contributed by atoms with Crippen LogP contribution in [0.5, 0.6) is 0 Å². The van der Waals surface area contributed by atoms with Gasteiger partial charge < -0.3 is 19.3 Å². The number of pyridine rings is 1. The molecule has 0 unspecified atom stereocenters. The number of aryl methyl sites for hydroxylation is 1. The van der Waals surface area contributed by atoms with Crippen LogP contribution in [-0.2, 0) is 36.7 Å². The maximum Gasteiger partial charge on any atom is 0.226 e. The summed E-state index contributed by atoms with van der Waals surface area (Å²) in [6.45, 7) is 14.9. The molecule has 3 rings (SSSR count). The van der Waals surface area contributed by atoms with E-state index < -0.39 is 12.2 Å². The largest absolute Gasteiger partial charge is 0.379 e. The van der Waals surface area contributed by atoms with E-state index in [4.69, 9.17) is 21.1 Å². The van der Waals surface area contributed by atoms with Crippen LogP contribution in [0.1, 0.15) is 90.5 Å². The normalized spacial score (nSPS) is 19.0. The van der Waals surface area contributed by atoms with Crippen LogP contribution in [0.25, 0.3) is 0 Å². The van der Waals surface area contributed by atoms with Crippen LogP contribution < -0.4 is 0 Å². The average molecular weight is 712 g/mol. The minimum Gasteiger partial charge on any atom is -0.379 e. The lowest BCUT2D eigenvalue weighted by atomic mass is 9.85. The molecule has 2 heterocycles. The predicted octanol–water partition coefficient (Wildman–Crippen LogP) is 7.62. The monoisotopic (exact) mass is 711 g/mol. The van der Waals surface area contributed by atoms with Crippen molar-refractivity contribution in [2.24, 2.45) is 29.6 Å². The molecule has 8 nitrogen and oxygen atoms in total. The van der Waals surface area contributed by atoms with Crippen LogP contribution in [0, 0.1) is 36.5 Å². The fraction of sp³-hybridized carbons (Fsp3) is 0.659. The van der Waals surface area contributed by atoms with Gasteiger partial charge in [-0.1, -0.05) is 89.9 Å². The molecule has 0 saturated carbocycles. The molecule has 0 N–H and O–H groups in total. The number of ketones is 1. The third-order valence-corrected chi connectivity index (χ3v) is 11.2. The van der Waals surface area contributed by atoms with Gasteiger partial charge in [0.25, 0.3) is 0 Å². The van der Waals surface area contributed by atoms with Crippen molar-refractivity contribution < 1.29 is 23.9 Å². The number of methoxy groups -OCH3 is 2. The topological polar surface area (TPSA) is 89.0 Å². The lowest BCUT2D eigenvalue weighted by Gasteiger charge is -2.40. The summed E-state index contributed by atoms with van der Waals surface area (Å²) in [7, 11) is 5.10. The van der Waals surface area contributed by atoms with Crippen LogP contribution >= 0.6 is 11.6 Å². The smallest absolute Gasteiger partial charge is 0.226 e. The van der Waals surface area contributed by atoms with E-state index in [0.29, 0.717) is 30.1 Å². The molecular weight excluding hydrogens is 650 g/mol. The van der Waals surface area contributed by atoms with E-state index in [9.17, 15) is 14.4 Å². The Morgan fingerprint density at radius 2 is 1.70 bits per heavy atom. The molecule has 1 aromatic carbocycles. The van der Waals surface area contributed by atoms with Crippen LogP contribution in [-0.4, -0.2) is 84.5 Å². The van der Waals surface area contributed by atoms with Crippen molar-refractivity contribution in [3.63, 3.8) is 0 Å². The second kappa shape index (κ2) is 19.7. The number of hydrogen-bond donors (Lipinski definition) is 0. The molecule has 0 spiro atoms. The maximum absolute atomic E-state index is 14.2. The number of Topliss-reactive ketones (excluding diaryl/α,β-unsaturated/α-hetero) is 1. The molecule has 8 atom stereocenters. The summed E-state index contributed by atoms with van der Waals surface area (Å²) in [5, 5.41) is 0.567. The molecule has 0 bridgehead atoms. The third kappa shape index (κ3) is 10.8. The first kappa shape index (κ1) is 41.6. The molecule has 1 aliphatic rings. The van der Waals surface area contributed by atoms with E-state index >= 15 is 0 Å². The van der Waals surface area contributed by atoms with Crippen molar-refractivity contribution in [1.82, 2.24) is 14.8 Å². The molecular formula is C41H62ClN3O5. The molecule has 1 saturated heterocycles. The number of halogens is 1. The van der Waals surface area contributed by atoms with Crippen molar-refractivity contribution in [2.45, 2.75) is 118 Å². The van der Waals surface area contributed by atoms with Gasteiger partial charge in [-0.3, -0.25) is 19.4 Å². The summed E-state index contributed by atoms with van der Waals surface area (Å²) >= 11 is 6.55. The van der Waals surface area contributed by atoms with Gasteiger partial charge in [0.05, 0.1) is 41.4 Å². The quantitative estimate of drug-likeness (QED) is 0.149. The van der Waals surface area contributed by atoms with Crippen LogP contribution in [0.15, 0.2) is 42.6 Å². The summed E-state index contributed by atoms with van der Waals surface area (Å²) in [5.41, 5.74) is 2.90. The zero-order valence-corrected chi connectivity index (χ0v) is 32.9. The molecule has 1 aromatic heterocycles. The Morgan fingerprint density at radius 1 is 1.02 bits per heavy atom. The zero-order chi connectivity index (χ0) is 37.1. The SMILES string of the molecule is CC[C@H](C)[C@@H]([C@@H](CC(=O)N1CCC[C@H]1[C@H](OC)[C@@H](C)C(=O)C[C@H](C)Cc1ccccc1)OC)N(C)C(=O)[C@@H](Cc1ncc(C)cc1Cl)C(C)C. The standard InChI is InChI=1S/C41H62ClN3O5/c1-11-29(6)39(44(8)41(48)32(26(2)3)23-34-33(42)21-28(5)25-43-34)37(49-9)24-38(47)45-19-15-18-35(45)40(50-10)30(7)36(46)22-27(4)20-31-16-13-12-14-17-31/h12-14,16-17,21,25-27,29-30,32,35,37,39-40H,11,15,18-20,22-24H2,1-10H3/t27-,29+,30+,32+,35+,37-,39+,40-/m1/s1. The molecule has 2 amide bonds. The van der Waals surface area contributed by atoms with Gasteiger partial charge in [0.1, 0.15) is 5.78 Å². The molecule has 0 aliphatic carbocycles. The number of ether oxygens (including phenoxy) is 2. The lowest BCUT2D eigenvalue weighted by molar-refractivity contribution is -0.148. The Morgan fingerprint density at radius 3 is 2.28 bits per heavy atom. The van der Waals surface area contributed by atoms with Gasteiger partial charge in [0.2, 0.25) is 11.8 Å². The van der Waals surface area contributed by atoms with Crippen molar-refractivity contribution in [3.05, 3.63) is 64.4 Å². The third-order valence-electron chi connectivity index (χ3n) is 10.9. The summed E-state index contributed by atoms with van der Waals surface area (Å²) in [4.78, 5) is 50.2. The van der Waals surface area contributed by atoms with Crippen LogP contribution in [0.2, 0.25) is 5.02 Å². The highest BCUT2D eigenvalue weighted by molar-refractivity contribution is 6.31. The van der Waals surface area contributed by atoms with Gasteiger partial charge in [-0.25, -0.2) is 0 Å². The Bertz CT molecular complexity index is 1390. The van der Waals surface area contributed by atoms with Crippen molar-refractivity contribution >= 4 is 29.2 Å². The van der Waals surface area contributed by atoms with E-state index in [-0.39, 0.29) is 65.7 Å². The van der Waals surface area contributed by atoms with Crippen molar-refractivity contribution in [2.75, 3.05) is 27.8 Å².